The number of nitrogens with zero attached hydrogens (tertiary/aromatic N) is 2. The van der Waals surface area contributed by atoms with E-state index in [2.05, 4.69) is 24.8 Å². The van der Waals surface area contributed by atoms with E-state index in [1.54, 1.807) is 0 Å². The van der Waals surface area contributed by atoms with Crippen LogP contribution in [0.4, 0.5) is 0 Å². The fourth-order valence-electron chi connectivity index (χ4n) is 0.831. The van der Waals surface area contributed by atoms with Crippen molar-refractivity contribution in [1.29, 1.82) is 5.26 Å². The molecule has 0 aliphatic heterocycles. The van der Waals surface area contributed by atoms with Gasteiger partial charge in [0.2, 0.25) is 0 Å². The van der Waals surface area contributed by atoms with Gasteiger partial charge in [0.15, 0.2) is 0 Å². The van der Waals surface area contributed by atoms with Crippen LogP contribution in [0.1, 0.15) is 26.7 Å². The van der Waals surface area contributed by atoms with Crippen molar-refractivity contribution in [1.82, 2.24) is 4.90 Å². The lowest BCUT2D eigenvalue weighted by atomic mass is 10.3. The molecule has 58 valence electrons. The van der Waals surface area contributed by atoms with E-state index in [1.165, 1.54) is 12.8 Å². The first-order valence-electron chi connectivity index (χ1n) is 3.94. The third kappa shape index (κ3) is 4.34. The summed E-state index contributed by atoms with van der Waals surface area (Å²) in [5.74, 6) is 0. The minimum atomic E-state index is 0.580. The lowest BCUT2D eigenvalue weighted by molar-refractivity contribution is 0.317. The molecule has 0 radical (unpaired) electrons. The monoisotopic (exact) mass is 140 g/mol. The number of unbranched alkanes of at least 4 members (excludes halogenated alkanes) is 1. The summed E-state index contributed by atoms with van der Waals surface area (Å²) in [6.45, 7) is 6.90. The van der Waals surface area contributed by atoms with E-state index in [4.69, 9.17) is 5.26 Å². The molecule has 0 unspecified atom stereocenters. The fraction of sp³-hybridized carbons (Fsp3) is 0.875. The third-order valence-electron chi connectivity index (χ3n) is 1.57. The maximum absolute atomic E-state index is 8.38. The van der Waals surface area contributed by atoms with Gasteiger partial charge < -0.3 is 0 Å². The number of nitriles is 1. The SMILES string of the molecule is CCCCN(CC)CC#N. The van der Waals surface area contributed by atoms with Crippen LogP contribution in [0.25, 0.3) is 0 Å². The molecular weight excluding hydrogens is 124 g/mol. The standard InChI is InChI=1S/C8H16N2/c1-3-5-7-10(4-2)8-6-9/h3-5,7-8H2,1-2H3. The maximum Gasteiger partial charge on any atom is 0.0865 e. The van der Waals surface area contributed by atoms with Crippen LogP contribution in [0.2, 0.25) is 0 Å². The minimum absolute atomic E-state index is 0.580. The fourth-order valence-corrected chi connectivity index (χ4v) is 0.831. The molecule has 0 N–H and O–H groups in total. The summed E-state index contributed by atoms with van der Waals surface area (Å²) >= 11 is 0. The highest BCUT2D eigenvalue weighted by Gasteiger charge is 1.97. The first kappa shape index (κ1) is 9.45. The summed E-state index contributed by atoms with van der Waals surface area (Å²) in [5, 5.41) is 8.38. The summed E-state index contributed by atoms with van der Waals surface area (Å²) < 4.78 is 0. The summed E-state index contributed by atoms with van der Waals surface area (Å²) in [6.07, 6.45) is 2.41. The number of hydrogen-bond donors (Lipinski definition) is 0. The van der Waals surface area contributed by atoms with E-state index < -0.39 is 0 Å². The second kappa shape index (κ2) is 6.57. The van der Waals surface area contributed by atoms with Crippen molar-refractivity contribution in [2.75, 3.05) is 19.6 Å². The van der Waals surface area contributed by atoms with E-state index in [1.807, 2.05) is 0 Å². The maximum atomic E-state index is 8.38. The molecule has 0 aromatic rings. The van der Waals surface area contributed by atoms with Gasteiger partial charge in [0.05, 0.1) is 12.6 Å². The van der Waals surface area contributed by atoms with Crippen LogP contribution < -0.4 is 0 Å². The zero-order valence-electron chi connectivity index (χ0n) is 6.93. The molecule has 0 fully saturated rings. The predicted molar refractivity (Wildman–Crippen MR) is 42.6 cm³/mol. The Morgan fingerprint density at radius 2 is 2.10 bits per heavy atom. The largest absolute Gasteiger partial charge is 0.291 e. The lowest BCUT2D eigenvalue weighted by Gasteiger charge is -2.14. The molecule has 2 heteroatoms. The molecule has 10 heavy (non-hydrogen) atoms. The van der Waals surface area contributed by atoms with E-state index in [0.717, 1.165) is 13.1 Å². The molecule has 0 aromatic carbocycles. The average molecular weight is 140 g/mol. The predicted octanol–water partition coefficient (Wildman–Crippen LogP) is 1.63. The van der Waals surface area contributed by atoms with Crippen LogP contribution in [-0.4, -0.2) is 24.5 Å². The van der Waals surface area contributed by atoms with Crippen LogP contribution in [0.5, 0.6) is 0 Å². The van der Waals surface area contributed by atoms with E-state index in [0.29, 0.717) is 6.54 Å². The normalized spacial score (nSPS) is 9.80. The van der Waals surface area contributed by atoms with Gasteiger partial charge in [-0.15, -0.1) is 0 Å². The minimum Gasteiger partial charge on any atom is -0.291 e. The van der Waals surface area contributed by atoms with Gasteiger partial charge in [0.25, 0.3) is 0 Å². The van der Waals surface area contributed by atoms with Gasteiger partial charge in [-0.3, -0.25) is 4.90 Å². The highest BCUT2D eigenvalue weighted by atomic mass is 15.1. The van der Waals surface area contributed by atoms with Crippen LogP contribution in [0.3, 0.4) is 0 Å². The van der Waals surface area contributed by atoms with Gasteiger partial charge in [-0.25, -0.2) is 0 Å². The van der Waals surface area contributed by atoms with Crippen molar-refractivity contribution in [3.63, 3.8) is 0 Å². The lowest BCUT2D eigenvalue weighted by Crippen LogP contribution is -2.24. The second-order valence-electron chi connectivity index (χ2n) is 2.38. The quantitative estimate of drug-likeness (QED) is 0.543. The molecule has 0 amide bonds. The highest BCUT2D eigenvalue weighted by molar-refractivity contribution is 4.75. The molecule has 0 aliphatic rings. The first-order valence-corrected chi connectivity index (χ1v) is 3.94. The Morgan fingerprint density at radius 1 is 1.40 bits per heavy atom. The molecule has 0 aromatic heterocycles. The molecule has 0 rings (SSSR count). The van der Waals surface area contributed by atoms with Gasteiger partial charge in [-0.05, 0) is 19.5 Å². The topological polar surface area (TPSA) is 27.0 Å². The molecular formula is C8H16N2. The second-order valence-corrected chi connectivity index (χ2v) is 2.38. The van der Waals surface area contributed by atoms with Gasteiger partial charge in [0.1, 0.15) is 0 Å². The Bertz CT molecular complexity index is 104. The molecule has 0 saturated carbocycles. The molecule has 0 bridgehead atoms. The Kier molecular flexibility index (Phi) is 6.21. The smallest absolute Gasteiger partial charge is 0.0865 e. The Balaban J connectivity index is 3.32. The average Bonchev–Trinajstić information content (AvgIpc) is 1.98. The van der Waals surface area contributed by atoms with Crippen LogP contribution in [-0.2, 0) is 0 Å². The molecule has 2 nitrogen and oxygen atoms in total. The number of hydrogen-bond acceptors (Lipinski definition) is 2. The van der Waals surface area contributed by atoms with Crippen molar-refractivity contribution in [3.05, 3.63) is 0 Å². The van der Waals surface area contributed by atoms with E-state index >= 15 is 0 Å². The van der Waals surface area contributed by atoms with Crippen LogP contribution >= 0.6 is 0 Å². The highest BCUT2D eigenvalue weighted by Crippen LogP contribution is 1.92. The zero-order chi connectivity index (χ0) is 7.82. The summed E-state index contributed by atoms with van der Waals surface area (Å²) in [4.78, 5) is 2.16. The first-order chi connectivity index (χ1) is 4.85. The van der Waals surface area contributed by atoms with E-state index in [-0.39, 0.29) is 0 Å². The van der Waals surface area contributed by atoms with Crippen LogP contribution in [0, 0.1) is 11.3 Å². The van der Waals surface area contributed by atoms with E-state index in [9.17, 15) is 0 Å². The van der Waals surface area contributed by atoms with Gasteiger partial charge >= 0.3 is 0 Å². The summed E-state index contributed by atoms with van der Waals surface area (Å²) in [6, 6.07) is 2.15. The van der Waals surface area contributed by atoms with Crippen molar-refractivity contribution in [2.45, 2.75) is 26.7 Å². The summed E-state index contributed by atoms with van der Waals surface area (Å²) in [7, 11) is 0. The molecule has 0 aliphatic carbocycles. The molecule has 0 heterocycles. The Morgan fingerprint density at radius 3 is 2.50 bits per heavy atom. The van der Waals surface area contributed by atoms with Crippen LogP contribution in [0.15, 0.2) is 0 Å². The van der Waals surface area contributed by atoms with Crippen molar-refractivity contribution in [2.24, 2.45) is 0 Å². The number of rotatable bonds is 5. The Labute approximate surface area is 63.4 Å². The van der Waals surface area contributed by atoms with Crippen molar-refractivity contribution < 1.29 is 0 Å². The van der Waals surface area contributed by atoms with Gasteiger partial charge in [-0.1, -0.05) is 20.3 Å². The molecule has 0 atom stereocenters. The van der Waals surface area contributed by atoms with Crippen molar-refractivity contribution in [3.8, 4) is 6.07 Å². The summed E-state index contributed by atoms with van der Waals surface area (Å²) in [5.41, 5.74) is 0. The Hall–Kier alpha value is -0.550. The van der Waals surface area contributed by atoms with Gasteiger partial charge in [0, 0.05) is 0 Å². The third-order valence-corrected chi connectivity index (χ3v) is 1.57. The van der Waals surface area contributed by atoms with Gasteiger partial charge in [-0.2, -0.15) is 5.26 Å². The van der Waals surface area contributed by atoms with Crippen molar-refractivity contribution >= 4 is 0 Å². The molecule has 0 saturated heterocycles. The molecule has 0 spiro atoms. The zero-order valence-corrected chi connectivity index (χ0v) is 6.93.